The number of hydrogen-bond donors (Lipinski definition) is 3. The molecular formula is C62H119NO5. The SMILES string of the molecule is CCCCCCCCC/C=C/CCCCCCCC(=O)OC(CCCCC/C=C/CCCCCCCCCCC)CC(=O)NC(CO)C(O)CCCCCCCCCCCCCCCCCCC. The van der Waals surface area contributed by atoms with Crippen molar-refractivity contribution in [3.63, 3.8) is 0 Å². The number of amides is 1. The number of ether oxygens (including phenoxy) is 1. The van der Waals surface area contributed by atoms with Crippen LogP contribution < -0.4 is 5.32 Å². The van der Waals surface area contributed by atoms with Crippen molar-refractivity contribution >= 4 is 11.9 Å². The van der Waals surface area contributed by atoms with Crippen molar-refractivity contribution in [3.05, 3.63) is 24.3 Å². The average Bonchev–Trinajstić information content (AvgIpc) is 3.33. The summed E-state index contributed by atoms with van der Waals surface area (Å²) in [4.78, 5) is 26.3. The first-order valence-electron chi connectivity index (χ1n) is 30.6. The zero-order valence-electron chi connectivity index (χ0n) is 46.0. The molecule has 1 amide bonds. The van der Waals surface area contributed by atoms with Crippen molar-refractivity contribution in [2.75, 3.05) is 6.61 Å². The van der Waals surface area contributed by atoms with Crippen LogP contribution in [0.1, 0.15) is 335 Å². The largest absolute Gasteiger partial charge is 0.462 e. The van der Waals surface area contributed by atoms with Gasteiger partial charge in [-0.05, 0) is 77.0 Å². The van der Waals surface area contributed by atoms with E-state index in [9.17, 15) is 19.8 Å². The molecule has 3 N–H and O–H groups in total. The lowest BCUT2D eigenvalue weighted by Crippen LogP contribution is -2.46. The molecule has 0 saturated heterocycles. The molecule has 0 aromatic heterocycles. The molecule has 0 aliphatic rings. The van der Waals surface area contributed by atoms with Gasteiger partial charge in [-0.1, -0.05) is 270 Å². The Morgan fingerprint density at radius 3 is 1.06 bits per heavy atom. The molecule has 6 heteroatoms. The molecule has 3 atom stereocenters. The fourth-order valence-corrected chi connectivity index (χ4v) is 9.60. The average molecular weight is 959 g/mol. The smallest absolute Gasteiger partial charge is 0.306 e. The first kappa shape index (κ1) is 66.3. The summed E-state index contributed by atoms with van der Waals surface area (Å²) in [6, 6.07) is -0.706. The summed E-state index contributed by atoms with van der Waals surface area (Å²) in [5.41, 5.74) is 0. The number of carbonyl (C=O) groups excluding carboxylic acids is 2. The van der Waals surface area contributed by atoms with Gasteiger partial charge in [0.15, 0.2) is 0 Å². The van der Waals surface area contributed by atoms with Gasteiger partial charge in [0.25, 0.3) is 0 Å². The highest BCUT2D eigenvalue weighted by Gasteiger charge is 2.24. The van der Waals surface area contributed by atoms with Crippen LogP contribution in [-0.4, -0.2) is 46.9 Å². The van der Waals surface area contributed by atoms with Gasteiger partial charge in [0.1, 0.15) is 6.10 Å². The van der Waals surface area contributed by atoms with E-state index in [1.54, 1.807) is 0 Å². The van der Waals surface area contributed by atoms with E-state index in [1.165, 1.54) is 225 Å². The Labute approximate surface area is 424 Å². The minimum absolute atomic E-state index is 0.0687. The molecule has 0 fully saturated rings. The lowest BCUT2D eigenvalue weighted by molar-refractivity contribution is -0.151. The highest BCUT2D eigenvalue weighted by atomic mass is 16.5. The maximum absolute atomic E-state index is 13.3. The van der Waals surface area contributed by atoms with Gasteiger partial charge in [-0.15, -0.1) is 0 Å². The number of nitrogens with one attached hydrogen (secondary N) is 1. The third-order valence-corrected chi connectivity index (χ3v) is 14.3. The maximum atomic E-state index is 13.3. The molecule has 0 aliphatic carbocycles. The fraction of sp³-hybridized carbons (Fsp3) is 0.903. The van der Waals surface area contributed by atoms with Crippen molar-refractivity contribution in [2.24, 2.45) is 0 Å². The van der Waals surface area contributed by atoms with Crippen LogP contribution in [0.3, 0.4) is 0 Å². The standard InChI is InChI=1S/C62H119NO5/c1-4-7-10-13-16-19-22-25-28-31-33-36-39-42-45-48-51-54-60(65)59(57-64)63-61(66)56-58(53-50-47-44-41-38-35-32-29-26-23-20-17-14-11-8-5-2)68-62(67)55-52-49-46-43-40-37-34-30-27-24-21-18-15-12-9-6-3/h30,34-35,38,58-60,64-65H,4-29,31-33,36-37,39-57H2,1-3H3,(H,63,66)/b34-30+,38-35+. The Morgan fingerprint density at radius 1 is 0.412 bits per heavy atom. The second-order valence-electron chi connectivity index (χ2n) is 21.1. The van der Waals surface area contributed by atoms with Gasteiger partial charge >= 0.3 is 5.97 Å². The topological polar surface area (TPSA) is 95.9 Å². The van der Waals surface area contributed by atoms with E-state index in [1.807, 2.05) is 0 Å². The van der Waals surface area contributed by atoms with E-state index in [-0.39, 0.29) is 24.9 Å². The molecular weight excluding hydrogens is 839 g/mol. The van der Waals surface area contributed by atoms with Crippen molar-refractivity contribution < 1.29 is 24.5 Å². The molecule has 402 valence electrons. The number of aliphatic hydroxyl groups is 2. The van der Waals surface area contributed by atoms with Gasteiger partial charge in [0.2, 0.25) is 5.91 Å². The predicted octanol–water partition coefficient (Wildman–Crippen LogP) is 19.0. The second kappa shape index (κ2) is 56.3. The normalized spacial score (nSPS) is 13.2. The fourth-order valence-electron chi connectivity index (χ4n) is 9.60. The minimum Gasteiger partial charge on any atom is -0.462 e. The van der Waals surface area contributed by atoms with Crippen LogP contribution in [0.25, 0.3) is 0 Å². The van der Waals surface area contributed by atoms with Gasteiger partial charge in [-0.25, -0.2) is 0 Å². The summed E-state index contributed by atoms with van der Waals surface area (Å²) < 4.78 is 5.96. The van der Waals surface area contributed by atoms with Crippen LogP contribution in [0.15, 0.2) is 24.3 Å². The molecule has 6 nitrogen and oxygen atoms in total. The quantitative estimate of drug-likeness (QED) is 0.0321. The van der Waals surface area contributed by atoms with E-state index >= 15 is 0 Å². The summed E-state index contributed by atoms with van der Waals surface area (Å²) in [7, 11) is 0. The van der Waals surface area contributed by atoms with Gasteiger partial charge in [-0.2, -0.15) is 0 Å². The summed E-state index contributed by atoms with van der Waals surface area (Å²) in [5.74, 6) is -0.479. The number of esters is 1. The third kappa shape index (κ3) is 50.7. The van der Waals surface area contributed by atoms with Crippen molar-refractivity contribution in [1.29, 1.82) is 0 Å². The highest BCUT2D eigenvalue weighted by Crippen LogP contribution is 2.19. The van der Waals surface area contributed by atoms with E-state index in [0.29, 0.717) is 19.3 Å². The maximum Gasteiger partial charge on any atom is 0.306 e. The Morgan fingerprint density at radius 2 is 0.706 bits per heavy atom. The van der Waals surface area contributed by atoms with Crippen LogP contribution in [0.2, 0.25) is 0 Å². The highest BCUT2D eigenvalue weighted by molar-refractivity contribution is 5.77. The zero-order valence-corrected chi connectivity index (χ0v) is 46.0. The molecule has 3 unspecified atom stereocenters. The summed E-state index contributed by atoms with van der Waals surface area (Å²) in [5, 5.41) is 23.9. The molecule has 0 rings (SSSR count). The van der Waals surface area contributed by atoms with Crippen molar-refractivity contribution in [1.82, 2.24) is 5.32 Å². The second-order valence-corrected chi connectivity index (χ2v) is 21.1. The first-order chi connectivity index (χ1) is 33.5. The number of carbonyl (C=O) groups is 2. The molecule has 0 radical (unpaired) electrons. The predicted molar refractivity (Wildman–Crippen MR) is 296 cm³/mol. The molecule has 0 saturated carbocycles. The zero-order chi connectivity index (χ0) is 49.5. The molecule has 68 heavy (non-hydrogen) atoms. The molecule has 0 aromatic carbocycles. The van der Waals surface area contributed by atoms with Gasteiger partial charge < -0.3 is 20.3 Å². The molecule has 0 bridgehead atoms. The third-order valence-electron chi connectivity index (χ3n) is 14.3. The van der Waals surface area contributed by atoms with E-state index in [0.717, 1.165) is 64.2 Å². The van der Waals surface area contributed by atoms with E-state index < -0.39 is 18.2 Å². The molecule has 0 aromatic rings. The molecule has 0 spiro atoms. The number of rotatable bonds is 56. The monoisotopic (exact) mass is 958 g/mol. The van der Waals surface area contributed by atoms with Gasteiger partial charge in [0, 0.05) is 6.42 Å². The van der Waals surface area contributed by atoms with Crippen LogP contribution in [0.5, 0.6) is 0 Å². The van der Waals surface area contributed by atoms with Crippen molar-refractivity contribution in [2.45, 2.75) is 354 Å². The molecule has 0 aliphatic heterocycles. The van der Waals surface area contributed by atoms with E-state index in [4.69, 9.17) is 4.74 Å². The van der Waals surface area contributed by atoms with Crippen LogP contribution in [0, 0.1) is 0 Å². The Kier molecular flexibility index (Phi) is 54.9. The molecule has 0 heterocycles. The van der Waals surface area contributed by atoms with E-state index in [2.05, 4.69) is 50.4 Å². The van der Waals surface area contributed by atoms with Crippen LogP contribution in [0.4, 0.5) is 0 Å². The number of unbranched alkanes of at least 4 members (excludes halogenated alkanes) is 40. The number of aliphatic hydroxyl groups excluding tert-OH is 2. The van der Waals surface area contributed by atoms with Crippen LogP contribution >= 0.6 is 0 Å². The summed E-state index contributed by atoms with van der Waals surface area (Å²) in [6.45, 7) is 6.52. The lowest BCUT2D eigenvalue weighted by atomic mass is 10.0. The van der Waals surface area contributed by atoms with Crippen LogP contribution in [-0.2, 0) is 14.3 Å². The lowest BCUT2D eigenvalue weighted by Gasteiger charge is -2.24. The number of hydrogen-bond acceptors (Lipinski definition) is 5. The van der Waals surface area contributed by atoms with Gasteiger partial charge in [-0.3, -0.25) is 9.59 Å². The Bertz CT molecular complexity index is 1080. The summed E-state index contributed by atoms with van der Waals surface area (Å²) in [6.07, 6.45) is 66.8. The Balaban J connectivity index is 4.53. The minimum atomic E-state index is -0.791. The number of allylic oxidation sites excluding steroid dienone is 4. The summed E-state index contributed by atoms with van der Waals surface area (Å²) >= 11 is 0. The first-order valence-corrected chi connectivity index (χ1v) is 30.6. The van der Waals surface area contributed by atoms with Gasteiger partial charge in [0.05, 0.1) is 25.2 Å². The van der Waals surface area contributed by atoms with Crippen molar-refractivity contribution in [3.8, 4) is 0 Å². The Hall–Kier alpha value is -1.66.